The maximum atomic E-state index is 3.88. The van der Waals surface area contributed by atoms with E-state index < -0.39 is 36.8 Å². The van der Waals surface area contributed by atoms with Crippen LogP contribution in [0, 0.1) is 11.8 Å². The number of hydrogen-bond donors (Lipinski definition) is 0. The quantitative estimate of drug-likeness (QED) is 0.0933. The van der Waals surface area contributed by atoms with E-state index in [1.54, 1.807) is 7.16 Å². The average Bonchev–Trinajstić information content (AvgIpc) is 3.00. The van der Waals surface area contributed by atoms with Gasteiger partial charge in [0.1, 0.15) is 0 Å². The van der Waals surface area contributed by atoms with Gasteiger partial charge in [0.25, 0.3) is 0 Å². The van der Waals surface area contributed by atoms with E-state index in [-0.39, 0.29) is 0 Å². The van der Waals surface area contributed by atoms with E-state index in [1.165, 1.54) is 115 Å². The van der Waals surface area contributed by atoms with Crippen LogP contribution in [-0.4, -0.2) is 36.8 Å². The third-order valence-corrected chi connectivity index (χ3v) is 40.8. The van der Waals surface area contributed by atoms with E-state index in [9.17, 15) is 0 Å². The van der Waals surface area contributed by atoms with E-state index in [1.807, 2.05) is 0 Å². The van der Waals surface area contributed by atoms with Crippen LogP contribution in [0.1, 0.15) is 130 Å². The number of unbranched alkanes of at least 4 members (excludes halogenated alkanes) is 6. The standard InChI is InChI=1S/C14H8.6C4H9.2Sn/c1-3-7-13(8-4-1)11-12-14-9-5-2-6-10-14;6*1-3-4-2;;/h1-7,9H;6*1,3-4H2,2H3;;. The molecular formula is C38H62Sn2. The Balaban J connectivity index is 2.65. The second-order valence-electron chi connectivity index (χ2n) is 12.5. The second-order valence-corrected chi connectivity index (χ2v) is 38.8. The van der Waals surface area contributed by atoms with Crippen molar-refractivity contribution < 1.29 is 0 Å². The molecule has 0 atom stereocenters. The predicted octanol–water partition coefficient (Wildman–Crippen LogP) is 11.2. The molecule has 0 spiro atoms. The molecule has 0 fully saturated rings. The van der Waals surface area contributed by atoms with Crippen LogP contribution < -0.4 is 7.16 Å². The molecule has 2 rings (SSSR count). The predicted molar refractivity (Wildman–Crippen MR) is 188 cm³/mol. The van der Waals surface area contributed by atoms with E-state index in [2.05, 4.69) is 102 Å². The summed E-state index contributed by atoms with van der Waals surface area (Å²) in [5.41, 5.74) is 2.76. The first-order chi connectivity index (χ1) is 19.6. The number of hydrogen-bond acceptors (Lipinski definition) is 0. The van der Waals surface area contributed by atoms with Gasteiger partial charge in [-0.3, -0.25) is 0 Å². The minimum absolute atomic E-state index is 1.32. The van der Waals surface area contributed by atoms with Crippen LogP contribution in [-0.2, 0) is 0 Å². The SMILES string of the molecule is CCC[CH2][Sn]([CH2]CCC)([CH2]CCC)[c]1ccccc1C#Cc1cccc[c]1[Sn]([CH2]CCC)([CH2]CCC)[CH2]CCC. The topological polar surface area (TPSA) is 0 Å². The molecule has 0 aromatic heterocycles. The van der Waals surface area contributed by atoms with E-state index in [0.29, 0.717) is 0 Å². The number of benzene rings is 2. The van der Waals surface area contributed by atoms with Gasteiger partial charge in [0, 0.05) is 0 Å². The van der Waals surface area contributed by atoms with Gasteiger partial charge in [-0.25, -0.2) is 0 Å². The molecule has 0 heterocycles. The third-order valence-electron chi connectivity index (χ3n) is 9.38. The molecule has 222 valence electrons. The van der Waals surface area contributed by atoms with Gasteiger partial charge in [0.2, 0.25) is 0 Å². The summed E-state index contributed by atoms with van der Waals surface area (Å²) in [7, 11) is 0. The molecule has 0 aliphatic rings. The molecule has 0 unspecified atom stereocenters. The fourth-order valence-corrected chi connectivity index (χ4v) is 40.1. The van der Waals surface area contributed by atoms with Crippen molar-refractivity contribution in [2.45, 2.75) is 145 Å². The molecule has 2 heteroatoms. The van der Waals surface area contributed by atoms with Gasteiger partial charge in [0.15, 0.2) is 0 Å². The second kappa shape index (κ2) is 20.5. The fourth-order valence-electron chi connectivity index (χ4n) is 6.89. The van der Waals surface area contributed by atoms with Crippen molar-refractivity contribution in [3.8, 4) is 11.8 Å². The summed E-state index contributed by atoms with van der Waals surface area (Å²) in [5, 5.41) is 0. The van der Waals surface area contributed by atoms with Crippen LogP contribution in [0.15, 0.2) is 48.5 Å². The van der Waals surface area contributed by atoms with Crippen LogP contribution in [0.4, 0.5) is 0 Å². The Morgan fingerprint density at radius 2 is 0.650 bits per heavy atom. The molecule has 0 amide bonds. The van der Waals surface area contributed by atoms with E-state index in [4.69, 9.17) is 0 Å². The molecule has 0 saturated heterocycles. The summed E-state index contributed by atoms with van der Waals surface area (Å²) >= 11 is -5.14. The normalized spacial score (nSPS) is 11.8. The Morgan fingerprint density at radius 3 is 0.900 bits per heavy atom. The van der Waals surface area contributed by atoms with Crippen molar-refractivity contribution >= 4 is 43.9 Å². The summed E-state index contributed by atoms with van der Waals surface area (Å²) in [4.78, 5) is 0. The Kier molecular flexibility index (Phi) is 18.3. The molecule has 40 heavy (non-hydrogen) atoms. The van der Waals surface area contributed by atoms with Gasteiger partial charge in [0.05, 0.1) is 0 Å². The van der Waals surface area contributed by atoms with Gasteiger partial charge < -0.3 is 0 Å². The molecular weight excluding hydrogens is 694 g/mol. The zero-order valence-corrected chi connectivity index (χ0v) is 33.1. The first-order valence-electron chi connectivity index (χ1n) is 17.3. The van der Waals surface area contributed by atoms with Crippen LogP contribution in [0.5, 0.6) is 0 Å². The summed E-state index contributed by atoms with van der Waals surface area (Å²) in [5.74, 6) is 7.76. The van der Waals surface area contributed by atoms with Gasteiger partial charge in [-0.1, -0.05) is 0 Å². The van der Waals surface area contributed by atoms with Crippen LogP contribution in [0.25, 0.3) is 0 Å². The van der Waals surface area contributed by atoms with Crippen molar-refractivity contribution in [3.63, 3.8) is 0 Å². The monoisotopic (exact) mass is 758 g/mol. The molecule has 0 aliphatic carbocycles. The summed E-state index contributed by atoms with van der Waals surface area (Å²) in [6.45, 7) is 14.3. The van der Waals surface area contributed by atoms with Crippen LogP contribution in [0.3, 0.4) is 0 Å². The third kappa shape index (κ3) is 10.7. The Bertz CT molecular complexity index is 888. The van der Waals surface area contributed by atoms with E-state index in [0.717, 1.165) is 0 Å². The molecule has 2 aromatic carbocycles. The molecule has 0 bridgehead atoms. The first kappa shape index (κ1) is 35.8. The van der Waals surface area contributed by atoms with E-state index >= 15 is 0 Å². The molecule has 2 aromatic rings. The average molecular weight is 756 g/mol. The molecule has 0 N–H and O–H groups in total. The Labute approximate surface area is 258 Å². The van der Waals surface area contributed by atoms with Gasteiger partial charge in [-0.05, 0) is 0 Å². The van der Waals surface area contributed by atoms with Crippen molar-refractivity contribution in [2.24, 2.45) is 0 Å². The van der Waals surface area contributed by atoms with Crippen molar-refractivity contribution in [2.75, 3.05) is 0 Å². The zero-order chi connectivity index (χ0) is 29.1. The first-order valence-corrected chi connectivity index (χ1v) is 32.2. The maximum absolute atomic E-state index is 3.88. The van der Waals surface area contributed by atoms with Crippen molar-refractivity contribution in [1.82, 2.24) is 0 Å². The van der Waals surface area contributed by atoms with Crippen molar-refractivity contribution in [3.05, 3.63) is 59.7 Å². The Hall–Kier alpha value is -0.403. The zero-order valence-electron chi connectivity index (χ0n) is 27.3. The summed E-state index contributed by atoms with van der Waals surface area (Å²) < 4.78 is 12.5. The minimum atomic E-state index is -2.57. The van der Waals surface area contributed by atoms with Crippen molar-refractivity contribution in [1.29, 1.82) is 0 Å². The van der Waals surface area contributed by atoms with Crippen LogP contribution >= 0.6 is 0 Å². The summed E-state index contributed by atoms with van der Waals surface area (Å²) in [6.07, 6.45) is 16.3. The Morgan fingerprint density at radius 1 is 0.400 bits per heavy atom. The van der Waals surface area contributed by atoms with Gasteiger partial charge in [-0.15, -0.1) is 0 Å². The fraction of sp³-hybridized carbons (Fsp3) is 0.632. The molecule has 0 saturated carbocycles. The molecule has 0 radical (unpaired) electrons. The van der Waals surface area contributed by atoms with Crippen LogP contribution in [0.2, 0.25) is 26.6 Å². The molecule has 0 nitrogen and oxygen atoms in total. The van der Waals surface area contributed by atoms with Gasteiger partial charge >= 0.3 is 261 Å². The summed E-state index contributed by atoms with van der Waals surface area (Å²) in [6, 6.07) is 19.0. The number of rotatable bonds is 20. The van der Waals surface area contributed by atoms with Gasteiger partial charge in [-0.2, -0.15) is 0 Å². The molecule has 0 aliphatic heterocycles.